The van der Waals surface area contributed by atoms with Crippen LogP contribution < -0.4 is 0 Å². The third-order valence-corrected chi connectivity index (χ3v) is 4.46. The molecule has 2 atom stereocenters. The van der Waals surface area contributed by atoms with E-state index in [1.165, 1.54) is 11.5 Å². The Morgan fingerprint density at radius 3 is 3.06 bits per heavy atom. The molecule has 2 unspecified atom stereocenters. The van der Waals surface area contributed by atoms with Crippen LogP contribution in [0.1, 0.15) is 35.6 Å². The van der Waals surface area contributed by atoms with E-state index in [1.807, 2.05) is 11.8 Å². The average molecular weight is 274 g/mol. The molecule has 1 aromatic heterocycles. The van der Waals surface area contributed by atoms with Gasteiger partial charge in [-0.25, -0.2) is 0 Å². The number of aromatic nitrogens is 2. The van der Waals surface area contributed by atoms with Gasteiger partial charge in [-0.2, -0.15) is 0 Å². The number of halogens is 1. The molecule has 1 amide bonds. The number of hydrogen-bond donors (Lipinski definition) is 0. The van der Waals surface area contributed by atoms with E-state index in [4.69, 9.17) is 11.6 Å². The number of carbonyl (C=O) groups excluding carboxylic acids is 1. The van der Waals surface area contributed by atoms with E-state index < -0.39 is 0 Å². The number of amides is 1. The monoisotopic (exact) mass is 273 g/mol. The van der Waals surface area contributed by atoms with Gasteiger partial charge in [-0.1, -0.05) is 18.3 Å². The highest BCUT2D eigenvalue weighted by molar-refractivity contribution is 7.08. The van der Waals surface area contributed by atoms with Crippen LogP contribution >= 0.6 is 23.1 Å². The average Bonchev–Trinajstić information content (AvgIpc) is 2.93. The molecule has 0 radical (unpaired) electrons. The number of carbonyl (C=O) groups is 1. The normalized spacial score (nSPS) is 24.3. The Morgan fingerprint density at radius 2 is 2.41 bits per heavy atom. The number of nitrogens with zero attached hydrogens (tertiary/aromatic N) is 3. The predicted octanol–water partition coefficient (Wildman–Crippen LogP) is 2.19. The fourth-order valence-electron chi connectivity index (χ4n) is 2.23. The summed E-state index contributed by atoms with van der Waals surface area (Å²) in [6.07, 6.45) is 1.77. The number of rotatable bonds is 3. The zero-order valence-electron chi connectivity index (χ0n) is 10.0. The molecule has 6 heteroatoms. The second kappa shape index (κ2) is 5.31. The van der Waals surface area contributed by atoms with E-state index in [2.05, 4.69) is 16.5 Å². The lowest BCUT2D eigenvalue weighted by Gasteiger charge is -2.24. The summed E-state index contributed by atoms with van der Waals surface area (Å²) in [5.41, 5.74) is 0.799. The van der Waals surface area contributed by atoms with Crippen molar-refractivity contribution in [1.29, 1.82) is 0 Å². The first kappa shape index (κ1) is 12.8. The van der Waals surface area contributed by atoms with Crippen molar-refractivity contribution in [2.24, 2.45) is 5.92 Å². The Morgan fingerprint density at radius 1 is 1.65 bits per heavy atom. The lowest BCUT2D eigenvalue weighted by atomic mass is 10.1. The minimum atomic E-state index is 0.0480. The van der Waals surface area contributed by atoms with Crippen molar-refractivity contribution in [3.63, 3.8) is 0 Å². The smallest absolute Gasteiger partial charge is 0.267 e. The van der Waals surface area contributed by atoms with Crippen LogP contribution in [-0.4, -0.2) is 38.9 Å². The first-order valence-corrected chi connectivity index (χ1v) is 7.18. The van der Waals surface area contributed by atoms with Gasteiger partial charge in [0.15, 0.2) is 0 Å². The van der Waals surface area contributed by atoms with Gasteiger partial charge in [0.1, 0.15) is 4.88 Å². The second-order valence-electron chi connectivity index (χ2n) is 4.39. The molecule has 0 aliphatic carbocycles. The fourth-order valence-corrected chi connectivity index (χ4v) is 3.41. The Bertz CT molecular complexity index is 409. The molecule has 1 aliphatic rings. The molecule has 2 rings (SSSR count). The molecule has 0 bridgehead atoms. The van der Waals surface area contributed by atoms with Gasteiger partial charge in [-0.05, 0) is 30.3 Å². The van der Waals surface area contributed by atoms with Crippen LogP contribution in [0.3, 0.4) is 0 Å². The van der Waals surface area contributed by atoms with Crippen molar-refractivity contribution in [1.82, 2.24) is 14.5 Å². The summed E-state index contributed by atoms with van der Waals surface area (Å²) in [6, 6.07) is 0.149. The van der Waals surface area contributed by atoms with Crippen molar-refractivity contribution in [2.75, 3.05) is 12.4 Å². The molecule has 0 spiro atoms. The van der Waals surface area contributed by atoms with Crippen LogP contribution in [0.15, 0.2) is 0 Å². The van der Waals surface area contributed by atoms with E-state index in [-0.39, 0.29) is 11.9 Å². The maximum Gasteiger partial charge on any atom is 0.267 e. The van der Waals surface area contributed by atoms with Crippen LogP contribution in [0.4, 0.5) is 0 Å². The van der Waals surface area contributed by atoms with Crippen molar-refractivity contribution in [2.45, 2.75) is 32.7 Å². The molecule has 2 heterocycles. The second-order valence-corrected chi connectivity index (χ2v) is 5.45. The topological polar surface area (TPSA) is 46.1 Å². The van der Waals surface area contributed by atoms with Crippen LogP contribution in [0.25, 0.3) is 0 Å². The largest absolute Gasteiger partial charge is 0.333 e. The van der Waals surface area contributed by atoms with E-state index in [0.717, 1.165) is 25.1 Å². The highest BCUT2D eigenvalue weighted by Crippen LogP contribution is 2.27. The lowest BCUT2D eigenvalue weighted by Crippen LogP contribution is -2.38. The van der Waals surface area contributed by atoms with Gasteiger partial charge < -0.3 is 4.90 Å². The molecular weight excluding hydrogens is 258 g/mol. The first-order chi connectivity index (χ1) is 8.19. The lowest BCUT2D eigenvalue weighted by molar-refractivity contribution is 0.0740. The van der Waals surface area contributed by atoms with E-state index in [1.54, 1.807) is 0 Å². The first-order valence-electron chi connectivity index (χ1n) is 5.87. The molecule has 1 aromatic rings. The molecule has 1 fully saturated rings. The standard InChI is InChI=1S/C11H16ClN3OS/c1-3-8-10(17-14-13-8)11(16)15-5-4-7(2)9(15)6-12/h7,9H,3-6H2,1-2H3. The Balaban J connectivity index is 2.20. The van der Waals surface area contributed by atoms with Crippen LogP contribution in [0, 0.1) is 5.92 Å². The molecule has 0 saturated carbocycles. The molecule has 1 aliphatic heterocycles. The van der Waals surface area contributed by atoms with Gasteiger partial charge in [-0.3, -0.25) is 4.79 Å². The summed E-state index contributed by atoms with van der Waals surface area (Å²) in [6.45, 7) is 4.92. The Hall–Kier alpha value is -0.680. The minimum absolute atomic E-state index is 0.0480. The fraction of sp³-hybridized carbons (Fsp3) is 0.727. The summed E-state index contributed by atoms with van der Waals surface area (Å²) in [7, 11) is 0. The predicted molar refractivity (Wildman–Crippen MR) is 68.6 cm³/mol. The molecule has 0 N–H and O–H groups in total. The van der Waals surface area contributed by atoms with Gasteiger partial charge in [0.2, 0.25) is 0 Å². The summed E-state index contributed by atoms with van der Waals surface area (Å²) >= 11 is 7.14. The van der Waals surface area contributed by atoms with Crippen LogP contribution in [-0.2, 0) is 6.42 Å². The summed E-state index contributed by atoms with van der Waals surface area (Å²) in [5, 5.41) is 3.99. The van der Waals surface area contributed by atoms with E-state index >= 15 is 0 Å². The highest BCUT2D eigenvalue weighted by atomic mass is 35.5. The van der Waals surface area contributed by atoms with Gasteiger partial charge in [0.05, 0.1) is 5.69 Å². The maximum absolute atomic E-state index is 12.4. The van der Waals surface area contributed by atoms with Gasteiger partial charge in [-0.15, -0.1) is 16.7 Å². The molecular formula is C11H16ClN3OS. The van der Waals surface area contributed by atoms with E-state index in [9.17, 15) is 4.79 Å². The molecule has 1 saturated heterocycles. The minimum Gasteiger partial charge on any atom is -0.333 e. The summed E-state index contributed by atoms with van der Waals surface area (Å²) < 4.78 is 3.87. The van der Waals surface area contributed by atoms with Crippen molar-refractivity contribution < 1.29 is 4.79 Å². The Labute approximate surface area is 110 Å². The van der Waals surface area contributed by atoms with Crippen molar-refractivity contribution >= 4 is 29.0 Å². The van der Waals surface area contributed by atoms with Crippen LogP contribution in [0.5, 0.6) is 0 Å². The zero-order valence-corrected chi connectivity index (χ0v) is 11.6. The van der Waals surface area contributed by atoms with Gasteiger partial charge in [0, 0.05) is 18.5 Å². The van der Waals surface area contributed by atoms with Crippen molar-refractivity contribution in [3.05, 3.63) is 10.6 Å². The highest BCUT2D eigenvalue weighted by Gasteiger charge is 2.35. The number of aryl methyl sites for hydroxylation is 1. The summed E-state index contributed by atoms with van der Waals surface area (Å²) in [5.74, 6) is 1.02. The molecule has 0 aromatic carbocycles. The third-order valence-electron chi connectivity index (χ3n) is 3.39. The number of alkyl halides is 1. The van der Waals surface area contributed by atoms with Crippen LogP contribution in [0.2, 0.25) is 0 Å². The Kier molecular flexibility index (Phi) is 3.99. The van der Waals surface area contributed by atoms with Gasteiger partial charge >= 0.3 is 0 Å². The quantitative estimate of drug-likeness (QED) is 0.793. The van der Waals surface area contributed by atoms with E-state index in [0.29, 0.717) is 16.7 Å². The summed E-state index contributed by atoms with van der Waals surface area (Å²) in [4.78, 5) is 15.0. The molecule has 17 heavy (non-hydrogen) atoms. The number of likely N-dealkylation sites (tertiary alicyclic amines) is 1. The van der Waals surface area contributed by atoms with Gasteiger partial charge in [0.25, 0.3) is 5.91 Å². The maximum atomic E-state index is 12.4. The van der Waals surface area contributed by atoms with Crippen molar-refractivity contribution in [3.8, 4) is 0 Å². The zero-order chi connectivity index (χ0) is 12.4. The molecule has 4 nitrogen and oxygen atoms in total. The number of hydrogen-bond acceptors (Lipinski definition) is 4. The third kappa shape index (κ3) is 2.31. The molecule has 94 valence electrons. The SMILES string of the molecule is CCc1nnsc1C(=O)N1CCC(C)C1CCl.